The van der Waals surface area contributed by atoms with Crippen molar-refractivity contribution >= 4 is 8.32 Å². The van der Waals surface area contributed by atoms with E-state index in [1.165, 1.54) is 12.0 Å². The van der Waals surface area contributed by atoms with Crippen molar-refractivity contribution in [3.8, 4) is 5.75 Å². The standard InChI is InChI=1S/C16H28OSi/c1-8-13(2)14-9-11-15(12-10-14)17-18(6,7)16(3,4)5/h9-13H,8H2,1-7H3. The van der Waals surface area contributed by atoms with Gasteiger partial charge in [-0.25, -0.2) is 0 Å². The van der Waals surface area contributed by atoms with Crippen LogP contribution in [0, 0.1) is 0 Å². The maximum atomic E-state index is 6.27. The molecule has 0 radical (unpaired) electrons. The van der Waals surface area contributed by atoms with Crippen LogP contribution in [0.1, 0.15) is 52.5 Å². The van der Waals surface area contributed by atoms with Gasteiger partial charge in [0.25, 0.3) is 0 Å². The van der Waals surface area contributed by atoms with Crippen molar-refractivity contribution in [2.24, 2.45) is 0 Å². The molecule has 1 aromatic rings. The van der Waals surface area contributed by atoms with E-state index in [0.717, 1.165) is 5.75 Å². The van der Waals surface area contributed by atoms with Gasteiger partial charge in [-0.1, -0.05) is 46.8 Å². The normalized spacial score (nSPS) is 14.4. The molecule has 0 heterocycles. The quantitative estimate of drug-likeness (QED) is 0.645. The molecule has 0 saturated heterocycles. The molecule has 0 aliphatic heterocycles. The average molecular weight is 264 g/mol. The molecule has 0 N–H and O–H groups in total. The molecule has 1 unspecified atom stereocenters. The first-order chi connectivity index (χ1) is 8.17. The van der Waals surface area contributed by atoms with Gasteiger partial charge >= 0.3 is 0 Å². The van der Waals surface area contributed by atoms with Crippen LogP contribution in [0.5, 0.6) is 5.75 Å². The van der Waals surface area contributed by atoms with E-state index in [1.807, 2.05) is 0 Å². The van der Waals surface area contributed by atoms with Crippen LogP contribution >= 0.6 is 0 Å². The second-order valence-electron chi connectivity index (χ2n) is 6.74. The SMILES string of the molecule is CCC(C)c1ccc(O[Si](C)(C)C(C)(C)C)cc1. The first kappa shape index (κ1) is 15.3. The molecule has 2 heteroatoms. The first-order valence-corrected chi connectivity index (χ1v) is 9.87. The Morgan fingerprint density at radius 1 is 1.11 bits per heavy atom. The fourth-order valence-electron chi connectivity index (χ4n) is 1.55. The predicted octanol–water partition coefficient (Wildman–Crippen LogP) is 5.58. The highest BCUT2D eigenvalue weighted by molar-refractivity contribution is 6.74. The Bertz CT molecular complexity index is 373. The molecule has 102 valence electrons. The molecule has 0 aromatic heterocycles. The molecule has 18 heavy (non-hydrogen) atoms. The van der Waals surface area contributed by atoms with Gasteiger partial charge < -0.3 is 4.43 Å². The average Bonchev–Trinajstić information content (AvgIpc) is 2.27. The highest BCUT2D eigenvalue weighted by Gasteiger charge is 2.38. The van der Waals surface area contributed by atoms with E-state index in [0.29, 0.717) is 5.92 Å². The van der Waals surface area contributed by atoms with Gasteiger partial charge in [-0.2, -0.15) is 0 Å². The maximum Gasteiger partial charge on any atom is 0.250 e. The summed E-state index contributed by atoms with van der Waals surface area (Å²) >= 11 is 0. The van der Waals surface area contributed by atoms with Crippen molar-refractivity contribution in [3.05, 3.63) is 29.8 Å². The van der Waals surface area contributed by atoms with E-state index in [4.69, 9.17) is 4.43 Å². The van der Waals surface area contributed by atoms with Gasteiger partial charge in [-0.05, 0) is 48.2 Å². The summed E-state index contributed by atoms with van der Waals surface area (Å²) < 4.78 is 6.27. The third-order valence-electron chi connectivity index (χ3n) is 4.24. The summed E-state index contributed by atoms with van der Waals surface area (Å²) in [5, 5.41) is 0.252. The highest BCUT2D eigenvalue weighted by Crippen LogP contribution is 2.37. The smallest absolute Gasteiger partial charge is 0.250 e. The van der Waals surface area contributed by atoms with Crippen molar-refractivity contribution in [2.45, 2.75) is 65.1 Å². The summed E-state index contributed by atoms with van der Waals surface area (Å²) in [6.07, 6.45) is 1.18. The van der Waals surface area contributed by atoms with Crippen molar-refractivity contribution in [3.63, 3.8) is 0 Å². The summed E-state index contributed by atoms with van der Waals surface area (Å²) in [4.78, 5) is 0. The minimum Gasteiger partial charge on any atom is -0.544 e. The fourth-order valence-corrected chi connectivity index (χ4v) is 2.58. The molecule has 1 aromatic carbocycles. The van der Waals surface area contributed by atoms with E-state index >= 15 is 0 Å². The zero-order valence-electron chi connectivity index (χ0n) is 13.0. The molecule has 1 rings (SSSR count). The fraction of sp³-hybridized carbons (Fsp3) is 0.625. The Morgan fingerprint density at radius 2 is 1.61 bits per heavy atom. The third-order valence-corrected chi connectivity index (χ3v) is 8.60. The Labute approximate surface area is 114 Å². The first-order valence-electron chi connectivity index (χ1n) is 6.96. The van der Waals surface area contributed by atoms with Crippen LogP contribution in [0.15, 0.2) is 24.3 Å². The van der Waals surface area contributed by atoms with Gasteiger partial charge in [0.2, 0.25) is 8.32 Å². The van der Waals surface area contributed by atoms with E-state index in [1.54, 1.807) is 0 Å². The maximum absolute atomic E-state index is 6.27. The van der Waals surface area contributed by atoms with Crippen LogP contribution in [0.25, 0.3) is 0 Å². The molecular formula is C16H28OSi. The lowest BCUT2D eigenvalue weighted by Crippen LogP contribution is -2.43. The van der Waals surface area contributed by atoms with E-state index in [9.17, 15) is 0 Å². The zero-order valence-corrected chi connectivity index (χ0v) is 14.0. The van der Waals surface area contributed by atoms with Crippen molar-refractivity contribution in [2.75, 3.05) is 0 Å². The number of benzene rings is 1. The van der Waals surface area contributed by atoms with Crippen LogP contribution in [0.4, 0.5) is 0 Å². The molecule has 1 atom stereocenters. The van der Waals surface area contributed by atoms with Crippen LogP contribution in [-0.4, -0.2) is 8.32 Å². The second-order valence-corrected chi connectivity index (χ2v) is 11.5. The largest absolute Gasteiger partial charge is 0.544 e. The van der Waals surface area contributed by atoms with Gasteiger partial charge in [0.1, 0.15) is 5.75 Å². The van der Waals surface area contributed by atoms with Crippen molar-refractivity contribution in [1.29, 1.82) is 0 Å². The molecular weight excluding hydrogens is 236 g/mol. The number of rotatable bonds is 4. The van der Waals surface area contributed by atoms with Gasteiger partial charge in [0.05, 0.1) is 0 Å². The molecule has 0 spiro atoms. The molecule has 0 amide bonds. The third kappa shape index (κ3) is 3.61. The summed E-state index contributed by atoms with van der Waals surface area (Å²) in [5.74, 6) is 1.65. The van der Waals surface area contributed by atoms with Gasteiger partial charge in [-0.15, -0.1) is 0 Å². The van der Waals surface area contributed by atoms with Crippen LogP contribution in [-0.2, 0) is 0 Å². The van der Waals surface area contributed by atoms with Crippen LogP contribution in [0.3, 0.4) is 0 Å². The molecule has 0 bridgehead atoms. The highest BCUT2D eigenvalue weighted by atomic mass is 28.4. The minimum atomic E-state index is -1.70. The predicted molar refractivity (Wildman–Crippen MR) is 83.0 cm³/mol. The molecule has 0 aliphatic carbocycles. The Kier molecular flexibility index (Phi) is 4.65. The molecule has 1 nitrogen and oxygen atoms in total. The Morgan fingerprint density at radius 3 is 2.00 bits per heavy atom. The second kappa shape index (κ2) is 5.48. The van der Waals surface area contributed by atoms with E-state index < -0.39 is 8.32 Å². The Balaban J connectivity index is 2.81. The van der Waals surface area contributed by atoms with Gasteiger partial charge in [0, 0.05) is 0 Å². The van der Waals surface area contributed by atoms with Crippen LogP contribution < -0.4 is 4.43 Å². The lowest BCUT2D eigenvalue weighted by atomic mass is 9.99. The summed E-state index contributed by atoms with van der Waals surface area (Å²) in [6, 6.07) is 8.66. The lowest BCUT2D eigenvalue weighted by molar-refractivity contribution is 0.492. The van der Waals surface area contributed by atoms with Gasteiger partial charge in [-0.3, -0.25) is 0 Å². The van der Waals surface area contributed by atoms with E-state index in [2.05, 4.69) is 72.0 Å². The van der Waals surface area contributed by atoms with Gasteiger partial charge in [0.15, 0.2) is 0 Å². The van der Waals surface area contributed by atoms with Crippen molar-refractivity contribution < 1.29 is 4.43 Å². The zero-order chi connectivity index (χ0) is 14.0. The van der Waals surface area contributed by atoms with Crippen LogP contribution in [0.2, 0.25) is 18.1 Å². The molecule has 0 saturated carbocycles. The molecule has 0 fully saturated rings. The van der Waals surface area contributed by atoms with Crippen molar-refractivity contribution in [1.82, 2.24) is 0 Å². The Hall–Kier alpha value is -0.763. The van der Waals surface area contributed by atoms with E-state index in [-0.39, 0.29) is 5.04 Å². The minimum absolute atomic E-state index is 0.252. The number of hydrogen-bond donors (Lipinski definition) is 0. The topological polar surface area (TPSA) is 9.23 Å². The summed E-state index contributed by atoms with van der Waals surface area (Å²) in [7, 11) is -1.70. The molecule has 0 aliphatic rings. The summed E-state index contributed by atoms with van der Waals surface area (Å²) in [5.41, 5.74) is 1.40. The number of hydrogen-bond acceptors (Lipinski definition) is 1. The monoisotopic (exact) mass is 264 g/mol. The summed E-state index contributed by atoms with van der Waals surface area (Å²) in [6.45, 7) is 15.9. The lowest BCUT2D eigenvalue weighted by Gasteiger charge is -2.36.